The van der Waals surface area contributed by atoms with Crippen molar-refractivity contribution < 1.29 is 9.26 Å². The van der Waals surface area contributed by atoms with Crippen molar-refractivity contribution in [3.05, 3.63) is 24.5 Å². The van der Waals surface area contributed by atoms with E-state index in [0.717, 1.165) is 0 Å². The van der Waals surface area contributed by atoms with Crippen LogP contribution in [0.25, 0.3) is 11.5 Å². The maximum Gasteiger partial charge on any atom is 0.253 e. The SMILES string of the molecule is NCCOCc1nc(-c2cnccn2)no1. The van der Waals surface area contributed by atoms with Crippen LogP contribution in [0, 0.1) is 0 Å². The summed E-state index contributed by atoms with van der Waals surface area (Å²) in [5.41, 5.74) is 5.85. The van der Waals surface area contributed by atoms with E-state index in [4.69, 9.17) is 15.0 Å². The number of hydrogen-bond acceptors (Lipinski definition) is 7. The molecule has 0 aliphatic rings. The zero-order valence-corrected chi connectivity index (χ0v) is 8.54. The zero-order chi connectivity index (χ0) is 11.2. The number of ether oxygens (including phenoxy) is 1. The van der Waals surface area contributed by atoms with Gasteiger partial charge in [-0.1, -0.05) is 5.16 Å². The van der Waals surface area contributed by atoms with E-state index < -0.39 is 0 Å². The Balaban J connectivity index is 2.02. The third-order valence-corrected chi connectivity index (χ3v) is 1.75. The van der Waals surface area contributed by atoms with Gasteiger partial charge in [-0.15, -0.1) is 0 Å². The van der Waals surface area contributed by atoms with Gasteiger partial charge in [-0.25, -0.2) is 4.98 Å². The van der Waals surface area contributed by atoms with E-state index in [1.807, 2.05) is 0 Å². The predicted molar refractivity (Wildman–Crippen MR) is 54.0 cm³/mol. The molecule has 0 unspecified atom stereocenters. The van der Waals surface area contributed by atoms with Crippen molar-refractivity contribution in [2.45, 2.75) is 6.61 Å². The van der Waals surface area contributed by atoms with Crippen molar-refractivity contribution in [2.24, 2.45) is 5.73 Å². The van der Waals surface area contributed by atoms with E-state index in [9.17, 15) is 0 Å². The molecule has 2 rings (SSSR count). The topological polar surface area (TPSA) is 100.0 Å². The van der Waals surface area contributed by atoms with Crippen molar-refractivity contribution >= 4 is 0 Å². The van der Waals surface area contributed by atoms with Crippen LogP contribution >= 0.6 is 0 Å². The van der Waals surface area contributed by atoms with Gasteiger partial charge in [-0.05, 0) is 0 Å². The Morgan fingerprint density at radius 2 is 2.31 bits per heavy atom. The number of aromatic nitrogens is 4. The van der Waals surface area contributed by atoms with Crippen LogP contribution < -0.4 is 5.73 Å². The summed E-state index contributed by atoms with van der Waals surface area (Å²) in [6.45, 7) is 1.18. The van der Waals surface area contributed by atoms with E-state index in [1.54, 1.807) is 18.6 Å². The molecule has 0 radical (unpaired) electrons. The van der Waals surface area contributed by atoms with Crippen LogP contribution in [0.1, 0.15) is 5.89 Å². The highest BCUT2D eigenvalue weighted by Gasteiger charge is 2.09. The van der Waals surface area contributed by atoms with Crippen LogP contribution in [-0.4, -0.2) is 33.3 Å². The van der Waals surface area contributed by atoms with Crippen LogP contribution in [0.3, 0.4) is 0 Å². The molecule has 0 aliphatic carbocycles. The number of nitrogens with zero attached hydrogens (tertiary/aromatic N) is 4. The molecule has 0 atom stereocenters. The number of hydrogen-bond donors (Lipinski definition) is 1. The van der Waals surface area contributed by atoms with Crippen molar-refractivity contribution in [2.75, 3.05) is 13.2 Å². The molecule has 0 fully saturated rings. The molecular weight excluding hydrogens is 210 g/mol. The molecule has 0 saturated heterocycles. The van der Waals surface area contributed by atoms with Gasteiger partial charge in [0.05, 0.1) is 12.8 Å². The lowest BCUT2D eigenvalue weighted by Gasteiger charge is -1.95. The van der Waals surface area contributed by atoms with Gasteiger partial charge in [0.15, 0.2) is 0 Å². The van der Waals surface area contributed by atoms with Gasteiger partial charge in [-0.3, -0.25) is 4.98 Å². The summed E-state index contributed by atoms with van der Waals surface area (Å²) >= 11 is 0. The summed E-state index contributed by atoms with van der Waals surface area (Å²) < 4.78 is 10.1. The Morgan fingerprint density at radius 3 is 3.06 bits per heavy atom. The first kappa shape index (κ1) is 10.7. The fourth-order valence-electron chi connectivity index (χ4n) is 1.07. The quantitative estimate of drug-likeness (QED) is 0.709. The monoisotopic (exact) mass is 221 g/mol. The summed E-state index contributed by atoms with van der Waals surface area (Å²) in [6, 6.07) is 0. The van der Waals surface area contributed by atoms with Gasteiger partial charge >= 0.3 is 0 Å². The van der Waals surface area contributed by atoms with Gasteiger partial charge in [0.2, 0.25) is 5.82 Å². The summed E-state index contributed by atoms with van der Waals surface area (Å²) in [6.07, 6.45) is 4.71. The lowest BCUT2D eigenvalue weighted by Crippen LogP contribution is -2.08. The normalized spacial score (nSPS) is 10.6. The Kier molecular flexibility index (Phi) is 3.52. The van der Waals surface area contributed by atoms with Crippen molar-refractivity contribution in [3.8, 4) is 11.5 Å². The highest BCUT2D eigenvalue weighted by atomic mass is 16.5. The molecule has 0 amide bonds. The fourth-order valence-corrected chi connectivity index (χ4v) is 1.07. The Hall–Kier alpha value is -1.86. The molecule has 84 valence electrons. The van der Waals surface area contributed by atoms with Gasteiger partial charge in [0.1, 0.15) is 12.3 Å². The maximum atomic E-state index is 5.28. The van der Waals surface area contributed by atoms with Crippen LogP contribution in [0.2, 0.25) is 0 Å². The second kappa shape index (κ2) is 5.29. The van der Waals surface area contributed by atoms with Crippen LogP contribution in [-0.2, 0) is 11.3 Å². The Labute approximate surface area is 91.7 Å². The summed E-state index contributed by atoms with van der Waals surface area (Å²) in [5.74, 6) is 0.800. The van der Waals surface area contributed by atoms with E-state index in [-0.39, 0.29) is 6.61 Å². The van der Waals surface area contributed by atoms with Crippen LogP contribution in [0.4, 0.5) is 0 Å². The smallest absolute Gasteiger partial charge is 0.253 e. The van der Waals surface area contributed by atoms with Crippen molar-refractivity contribution in [1.29, 1.82) is 0 Å². The van der Waals surface area contributed by atoms with E-state index in [2.05, 4.69) is 20.1 Å². The molecule has 2 N–H and O–H groups in total. The molecule has 2 heterocycles. The molecule has 0 aliphatic heterocycles. The zero-order valence-electron chi connectivity index (χ0n) is 8.54. The third kappa shape index (κ3) is 2.59. The molecular formula is C9H11N5O2. The highest BCUT2D eigenvalue weighted by Crippen LogP contribution is 2.10. The molecule has 0 saturated carbocycles. The summed E-state index contributed by atoms with van der Waals surface area (Å²) in [4.78, 5) is 12.1. The summed E-state index contributed by atoms with van der Waals surface area (Å²) in [7, 11) is 0. The molecule has 0 spiro atoms. The molecule has 7 nitrogen and oxygen atoms in total. The first-order valence-electron chi connectivity index (χ1n) is 4.77. The van der Waals surface area contributed by atoms with Crippen molar-refractivity contribution in [3.63, 3.8) is 0 Å². The molecule has 0 aromatic carbocycles. The standard InChI is InChI=1S/C9H11N5O2/c10-1-4-15-6-8-13-9(14-16-8)7-5-11-2-3-12-7/h2-3,5H,1,4,6,10H2. The second-order valence-corrected chi connectivity index (χ2v) is 2.94. The van der Waals surface area contributed by atoms with E-state index in [0.29, 0.717) is 30.6 Å². The number of nitrogens with two attached hydrogens (primary N) is 1. The molecule has 2 aromatic rings. The van der Waals surface area contributed by atoms with Crippen LogP contribution in [0.5, 0.6) is 0 Å². The Bertz CT molecular complexity index is 430. The fraction of sp³-hybridized carbons (Fsp3) is 0.333. The average molecular weight is 221 g/mol. The Morgan fingerprint density at radius 1 is 1.38 bits per heavy atom. The first-order chi connectivity index (χ1) is 7.90. The predicted octanol–water partition coefficient (Wildman–Crippen LogP) is 0.00190. The molecule has 2 aromatic heterocycles. The highest BCUT2D eigenvalue weighted by molar-refractivity contribution is 5.45. The minimum Gasteiger partial charge on any atom is -0.370 e. The van der Waals surface area contributed by atoms with E-state index in [1.165, 1.54) is 0 Å². The largest absolute Gasteiger partial charge is 0.370 e. The van der Waals surface area contributed by atoms with Gasteiger partial charge in [-0.2, -0.15) is 4.98 Å². The minimum atomic E-state index is 0.254. The molecule has 7 heteroatoms. The molecule has 16 heavy (non-hydrogen) atoms. The second-order valence-electron chi connectivity index (χ2n) is 2.94. The van der Waals surface area contributed by atoms with E-state index >= 15 is 0 Å². The van der Waals surface area contributed by atoms with Gasteiger partial charge in [0.25, 0.3) is 5.89 Å². The third-order valence-electron chi connectivity index (χ3n) is 1.75. The summed E-state index contributed by atoms with van der Waals surface area (Å²) in [5, 5.41) is 3.77. The van der Waals surface area contributed by atoms with Crippen molar-refractivity contribution in [1.82, 2.24) is 20.1 Å². The van der Waals surface area contributed by atoms with Crippen LogP contribution in [0.15, 0.2) is 23.1 Å². The lowest BCUT2D eigenvalue weighted by molar-refractivity contribution is 0.104. The number of rotatable bonds is 5. The van der Waals surface area contributed by atoms with Gasteiger partial charge in [0, 0.05) is 18.9 Å². The first-order valence-corrected chi connectivity index (χ1v) is 4.77. The minimum absolute atomic E-state index is 0.254. The molecule has 0 bridgehead atoms. The lowest BCUT2D eigenvalue weighted by atomic mass is 10.4. The van der Waals surface area contributed by atoms with Gasteiger partial charge < -0.3 is 15.0 Å². The maximum absolute atomic E-state index is 5.28. The average Bonchev–Trinajstić information content (AvgIpc) is 2.79.